The van der Waals surface area contributed by atoms with Crippen LogP contribution in [0.4, 0.5) is 4.39 Å². The predicted molar refractivity (Wildman–Crippen MR) is 74.0 cm³/mol. The third-order valence-electron chi connectivity index (χ3n) is 3.91. The number of aliphatic hydroxyl groups excluding tert-OH is 1. The summed E-state index contributed by atoms with van der Waals surface area (Å²) in [6.07, 6.45) is 2.08. The lowest BCUT2D eigenvalue weighted by atomic mass is 9.95. The van der Waals surface area contributed by atoms with Crippen LogP contribution < -0.4 is 5.32 Å². The lowest BCUT2D eigenvalue weighted by molar-refractivity contribution is -0.124. The minimum absolute atomic E-state index is 0.0926. The second-order valence-corrected chi connectivity index (χ2v) is 5.33. The molecule has 1 aliphatic carbocycles. The molecule has 1 aromatic carbocycles. The number of nitrogens with one attached hydrogen (secondary N) is 1. The third-order valence-corrected chi connectivity index (χ3v) is 3.91. The van der Waals surface area contributed by atoms with Gasteiger partial charge < -0.3 is 14.8 Å². The van der Waals surface area contributed by atoms with Gasteiger partial charge in [-0.2, -0.15) is 0 Å². The molecule has 1 aliphatic rings. The van der Waals surface area contributed by atoms with Crippen LogP contribution in [0.15, 0.2) is 47.1 Å². The van der Waals surface area contributed by atoms with Crippen LogP contribution in [0.3, 0.4) is 0 Å². The molecule has 1 saturated carbocycles. The Kier molecular flexibility index (Phi) is 3.51. The zero-order valence-corrected chi connectivity index (χ0v) is 11.4. The topological polar surface area (TPSA) is 62.5 Å². The van der Waals surface area contributed by atoms with Crippen LogP contribution >= 0.6 is 0 Å². The first-order valence-corrected chi connectivity index (χ1v) is 6.88. The zero-order chi connectivity index (χ0) is 14.9. The van der Waals surface area contributed by atoms with Gasteiger partial charge >= 0.3 is 0 Å². The Bertz CT molecular complexity index is 617. The maximum absolute atomic E-state index is 13.0. The average molecular weight is 289 g/mol. The van der Waals surface area contributed by atoms with E-state index in [2.05, 4.69) is 5.32 Å². The van der Waals surface area contributed by atoms with Crippen molar-refractivity contribution in [2.24, 2.45) is 0 Å². The average Bonchev–Trinajstić information content (AvgIpc) is 3.11. The Hall–Kier alpha value is -2.14. The van der Waals surface area contributed by atoms with Crippen LogP contribution in [0.1, 0.15) is 30.3 Å². The van der Waals surface area contributed by atoms with E-state index < -0.39 is 11.5 Å². The molecule has 1 aromatic heterocycles. The summed E-state index contributed by atoms with van der Waals surface area (Å²) < 4.78 is 18.0. The number of hydrogen-bond acceptors (Lipinski definition) is 3. The van der Waals surface area contributed by atoms with Crippen molar-refractivity contribution in [2.45, 2.75) is 24.4 Å². The van der Waals surface area contributed by atoms with Crippen LogP contribution in [0.25, 0.3) is 0 Å². The van der Waals surface area contributed by atoms with Crippen molar-refractivity contribution in [3.05, 3.63) is 59.8 Å². The van der Waals surface area contributed by atoms with Crippen LogP contribution in [0.2, 0.25) is 0 Å². The zero-order valence-electron chi connectivity index (χ0n) is 11.4. The maximum Gasteiger partial charge on any atom is 0.230 e. The van der Waals surface area contributed by atoms with Gasteiger partial charge in [0.1, 0.15) is 17.7 Å². The van der Waals surface area contributed by atoms with E-state index in [1.807, 2.05) is 0 Å². The van der Waals surface area contributed by atoms with E-state index in [1.165, 1.54) is 18.4 Å². The number of hydrogen-bond donors (Lipinski definition) is 2. The molecule has 2 N–H and O–H groups in total. The SMILES string of the molecule is O=C(NCC(O)c1ccco1)C1(c2ccc(F)cc2)CC1. The predicted octanol–water partition coefficient (Wildman–Crippen LogP) is 2.30. The molecular weight excluding hydrogens is 273 g/mol. The van der Waals surface area contributed by atoms with Gasteiger partial charge in [0, 0.05) is 0 Å². The summed E-state index contributed by atoms with van der Waals surface area (Å²) in [6.45, 7) is 0.0926. The molecule has 1 fully saturated rings. The molecule has 0 spiro atoms. The molecule has 1 amide bonds. The molecule has 5 heteroatoms. The molecule has 0 aliphatic heterocycles. The minimum atomic E-state index is -0.868. The van der Waals surface area contributed by atoms with Gasteiger partial charge in [0.2, 0.25) is 5.91 Å². The summed E-state index contributed by atoms with van der Waals surface area (Å²) in [5.41, 5.74) is 0.241. The van der Waals surface area contributed by atoms with E-state index in [0.717, 1.165) is 18.4 Å². The summed E-state index contributed by atoms with van der Waals surface area (Å²) in [5.74, 6) is -0.0372. The van der Waals surface area contributed by atoms with Crippen molar-refractivity contribution in [3.63, 3.8) is 0 Å². The number of furan rings is 1. The minimum Gasteiger partial charge on any atom is -0.467 e. The van der Waals surface area contributed by atoms with Crippen molar-refractivity contribution in [2.75, 3.05) is 6.54 Å². The Morgan fingerprint density at radius 3 is 2.62 bits per heavy atom. The molecule has 0 saturated heterocycles. The largest absolute Gasteiger partial charge is 0.467 e. The second kappa shape index (κ2) is 5.33. The first kappa shape index (κ1) is 13.8. The van der Waals surface area contributed by atoms with Gasteiger partial charge in [0.15, 0.2) is 0 Å². The van der Waals surface area contributed by atoms with E-state index in [-0.39, 0.29) is 18.3 Å². The Morgan fingerprint density at radius 2 is 2.05 bits per heavy atom. The van der Waals surface area contributed by atoms with E-state index in [4.69, 9.17) is 4.42 Å². The van der Waals surface area contributed by atoms with Gasteiger partial charge in [-0.1, -0.05) is 12.1 Å². The van der Waals surface area contributed by atoms with Crippen molar-refractivity contribution < 1.29 is 18.7 Å². The van der Waals surface area contributed by atoms with E-state index >= 15 is 0 Å². The fourth-order valence-corrected chi connectivity index (χ4v) is 2.48. The number of benzene rings is 1. The van der Waals surface area contributed by atoms with Crippen LogP contribution in [-0.2, 0) is 10.2 Å². The molecule has 2 aromatic rings. The maximum atomic E-state index is 13.0. The molecule has 4 nitrogen and oxygen atoms in total. The fraction of sp³-hybridized carbons (Fsp3) is 0.312. The highest BCUT2D eigenvalue weighted by molar-refractivity contribution is 5.91. The third kappa shape index (κ3) is 2.69. The monoisotopic (exact) mass is 289 g/mol. The summed E-state index contributed by atoms with van der Waals surface area (Å²) in [6, 6.07) is 9.35. The van der Waals surface area contributed by atoms with Crippen LogP contribution in [0.5, 0.6) is 0 Å². The van der Waals surface area contributed by atoms with Crippen LogP contribution in [0, 0.1) is 5.82 Å². The summed E-state index contributed by atoms with van der Waals surface area (Å²) in [4.78, 5) is 12.3. The number of rotatable bonds is 5. The fourth-order valence-electron chi connectivity index (χ4n) is 2.48. The van der Waals surface area contributed by atoms with Crippen molar-refractivity contribution in [3.8, 4) is 0 Å². The van der Waals surface area contributed by atoms with E-state index in [1.54, 1.807) is 24.3 Å². The first-order valence-electron chi connectivity index (χ1n) is 6.88. The highest BCUT2D eigenvalue weighted by Crippen LogP contribution is 2.48. The van der Waals surface area contributed by atoms with E-state index in [0.29, 0.717) is 5.76 Å². The molecular formula is C16H16FNO3. The smallest absolute Gasteiger partial charge is 0.230 e. The van der Waals surface area contributed by atoms with Gasteiger partial charge in [0.25, 0.3) is 0 Å². The van der Waals surface area contributed by atoms with Crippen molar-refractivity contribution in [1.82, 2.24) is 5.32 Å². The molecule has 0 radical (unpaired) electrons. The number of halogens is 1. The molecule has 3 rings (SSSR count). The standard InChI is InChI=1S/C16H16FNO3/c17-12-5-3-11(4-6-12)16(7-8-16)15(20)18-10-13(19)14-2-1-9-21-14/h1-6,9,13,19H,7-8,10H2,(H,18,20). The normalized spacial score (nSPS) is 17.2. The number of carbonyl (C=O) groups excluding carboxylic acids is 1. The van der Waals surface area contributed by atoms with E-state index in [9.17, 15) is 14.3 Å². The quantitative estimate of drug-likeness (QED) is 0.888. The highest BCUT2D eigenvalue weighted by atomic mass is 19.1. The summed E-state index contributed by atoms with van der Waals surface area (Å²) in [7, 11) is 0. The van der Waals surface area contributed by atoms with Crippen molar-refractivity contribution in [1.29, 1.82) is 0 Å². The van der Waals surface area contributed by atoms with Gasteiger partial charge in [-0.25, -0.2) is 4.39 Å². The van der Waals surface area contributed by atoms with Crippen LogP contribution in [-0.4, -0.2) is 17.6 Å². The molecule has 21 heavy (non-hydrogen) atoms. The number of carbonyl (C=O) groups is 1. The van der Waals surface area contributed by atoms with Gasteiger partial charge in [-0.3, -0.25) is 4.79 Å². The summed E-state index contributed by atoms with van der Waals surface area (Å²) in [5, 5.41) is 12.6. The van der Waals surface area contributed by atoms with Gasteiger partial charge in [-0.15, -0.1) is 0 Å². The Labute approximate surface area is 121 Å². The lowest BCUT2D eigenvalue weighted by Crippen LogP contribution is -2.37. The molecule has 0 bridgehead atoms. The highest BCUT2D eigenvalue weighted by Gasteiger charge is 2.51. The molecule has 110 valence electrons. The molecule has 1 heterocycles. The summed E-state index contributed by atoms with van der Waals surface area (Å²) >= 11 is 0. The van der Waals surface area contributed by atoms with Gasteiger partial charge in [0.05, 0.1) is 18.2 Å². The lowest BCUT2D eigenvalue weighted by Gasteiger charge is -2.17. The second-order valence-electron chi connectivity index (χ2n) is 5.33. The number of amides is 1. The first-order chi connectivity index (χ1) is 10.1. The Balaban J connectivity index is 1.64. The van der Waals surface area contributed by atoms with Gasteiger partial charge in [-0.05, 0) is 42.7 Å². The molecule has 1 unspecified atom stereocenters. The van der Waals surface area contributed by atoms with Crippen molar-refractivity contribution >= 4 is 5.91 Å². The Morgan fingerprint density at radius 1 is 1.33 bits per heavy atom. The molecule has 1 atom stereocenters. The number of aliphatic hydroxyl groups is 1.